The fraction of sp³-hybridized carbons (Fsp3) is 0.276. The van der Waals surface area contributed by atoms with Gasteiger partial charge in [-0.25, -0.2) is 4.98 Å². The van der Waals surface area contributed by atoms with Gasteiger partial charge in [0.2, 0.25) is 5.91 Å². The molecular weight excluding hydrogens is 510 g/mol. The van der Waals surface area contributed by atoms with Crippen molar-refractivity contribution in [3.05, 3.63) is 87.5 Å². The number of rotatable bonds is 6. The van der Waals surface area contributed by atoms with Gasteiger partial charge in [0.25, 0.3) is 17.6 Å². The summed E-state index contributed by atoms with van der Waals surface area (Å²) >= 11 is 0. The normalized spacial score (nSPS) is 15.8. The standard InChI is InChI=1S/C29H27N7O4/c1-15-19(16(2)37)6-7-21-20(15)8-9-22(21)34-28(40)25-12-24(35-29-31-14-32-36(25)29)27(39)30-13-17-3-4-18-5-10-26(38)33-23(18)11-17/h3-4,6-7,11-12,14,22H,5,8-10,13H2,1-2H3,(H,30,39)(H,33,38)(H,34,40)/t22-/m0/s1. The number of hydrogen-bond donors (Lipinski definition) is 3. The van der Waals surface area contributed by atoms with Gasteiger partial charge in [0.15, 0.2) is 5.78 Å². The molecular formula is C29H27N7O4. The lowest BCUT2D eigenvalue weighted by atomic mass is 9.96. The summed E-state index contributed by atoms with van der Waals surface area (Å²) in [7, 11) is 0. The van der Waals surface area contributed by atoms with Crippen molar-refractivity contribution in [2.45, 2.75) is 52.1 Å². The zero-order valence-electron chi connectivity index (χ0n) is 22.1. The highest BCUT2D eigenvalue weighted by molar-refractivity contribution is 5.99. The first-order valence-electron chi connectivity index (χ1n) is 13.1. The molecule has 0 fully saturated rings. The van der Waals surface area contributed by atoms with Gasteiger partial charge in [0, 0.05) is 30.3 Å². The largest absolute Gasteiger partial charge is 0.347 e. The molecule has 2 aromatic heterocycles. The first-order valence-corrected chi connectivity index (χ1v) is 13.1. The van der Waals surface area contributed by atoms with Crippen molar-refractivity contribution in [3.8, 4) is 0 Å². The van der Waals surface area contributed by atoms with Crippen LogP contribution in [0.2, 0.25) is 0 Å². The van der Waals surface area contributed by atoms with Crippen LogP contribution in [0.3, 0.4) is 0 Å². The van der Waals surface area contributed by atoms with Crippen molar-refractivity contribution in [2.75, 3.05) is 5.32 Å². The zero-order chi connectivity index (χ0) is 28.0. The Labute approximate surface area is 229 Å². The van der Waals surface area contributed by atoms with Crippen molar-refractivity contribution in [2.24, 2.45) is 0 Å². The number of nitrogens with zero attached hydrogens (tertiary/aromatic N) is 4. The average molecular weight is 538 g/mol. The van der Waals surface area contributed by atoms with Crippen LogP contribution in [0, 0.1) is 6.92 Å². The number of nitrogens with one attached hydrogen (secondary N) is 3. The lowest BCUT2D eigenvalue weighted by Crippen LogP contribution is -2.30. The molecule has 6 rings (SSSR count). The second kappa shape index (κ2) is 9.99. The molecule has 40 heavy (non-hydrogen) atoms. The van der Waals surface area contributed by atoms with Gasteiger partial charge in [-0.15, -0.1) is 0 Å². The molecule has 0 saturated carbocycles. The molecule has 0 unspecified atom stereocenters. The van der Waals surface area contributed by atoms with E-state index in [1.807, 2.05) is 37.3 Å². The maximum absolute atomic E-state index is 13.5. The summed E-state index contributed by atoms with van der Waals surface area (Å²) in [5, 5.41) is 12.9. The van der Waals surface area contributed by atoms with Crippen LogP contribution in [-0.4, -0.2) is 43.1 Å². The highest BCUT2D eigenvalue weighted by Gasteiger charge is 2.28. The zero-order valence-corrected chi connectivity index (χ0v) is 22.1. The Bertz CT molecular complexity index is 1730. The van der Waals surface area contributed by atoms with Crippen LogP contribution >= 0.6 is 0 Å². The van der Waals surface area contributed by atoms with E-state index in [9.17, 15) is 19.2 Å². The van der Waals surface area contributed by atoms with Crippen molar-refractivity contribution >= 4 is 35.0 Å². The number of Topliss-reactive ketones (excluding diaryl/α,β-unsaturated/α-hetero) is 1. The van der Waals surface area contributed by atoms with Gasteiger partial charge < -0.3 is 16.0 Å². The number of fused-ring (bicyclic) bond motifs is 3. The van der Waals surface area contributed by atoms with Crippen LogP contribution in [0.5, 0.6) is 0 Å². The summed E-state index contributed by atoms with van der Waals surface area (Å²) in [6.45, 7) is 3.70. The summed E-state index contributed by atoms with van der Waals surface area (Å²) in [5.41, 5.74) is 6.51. The lowest BCUT2D eigenvalue weighted by molar-refractivity contribution is -0.116. The Morgan fingerprint density at radius 1 is 1.07 bits per heavy atom. The molecule has 3 heterocycles. The highest BCUT2D eigenvalue weighted by atomic mass is 16.2. The molecule has 3 amide bonds. The van der Waals surface area contributed by atoms with Crippen molar-refractivity contribution < 1.29 is 19.2 Å². The minimum absolute atomic E-state index is 0.0161. The van der Waals surface area contributed by atoms with Crippen LogP contribution in [0.1, 0.15) is 85.0 Å². The molecule has 1 aliphatic heterocycles. The second-order valence-electron chi connectivity index (χ2n) is 10.1. The van der Waals surface area contributed by atoms with Crippen LogP contribution in [0.25, 0.3) is 5.78 Å². The molecule has 4 aromatic rings. The number of aromatic nitrogens is 4. The molecule has 1 aliphatic carbocycles. The molecule has 1 atom stereocenters. The highest BCUT2D eigenvalue weighted by Crippen LogP contribution is 2.35. The molecule has 0 spiro atoms. The topological polar surface area (TPSA) is 147 Å². The Morgan fingerprint density at radius 3 is 2.75 bits per heavy atom. The number of carbonyl (C=O) groups is 4. The molecule has 0 radical (unpaired) electrons. The number of amides is 3. The van der Waals surface area contributed by atoms with Crippen LogP contribution in [-0.2, 0) is 24.2 Å². The van der Waals surface area contributed by atoms with Crippen molar-refractivity contribution in [3.63, 3.8) is 0 Å². The second-order valence-corrected chi connectivity index (χ2v) is 10.1. The molecule has 2 aliphatic rings. The van der Waals surface area contributed by atoms with E-state index < -0.39 is 11.8 Å². The maximum atomic E-state index is 13.5. The number of anilines is 1. The van der Waals surface area contributed by atoms with E-state index in [1.165, 1.54) is 16.9 Å². The van der Waals surface area contributed by atoms with Gasteiger partial charge >= 0.3 is 0 Å². The molecule has 0 bridgehead atoms. The Balaban J connectivity index is 1.21. The Hall–Kier alpha value is -4.93. The monoisotopic (exact) mass is 537 g/mol. The molecule has 2 aromatic carbocycles. The third kappa shape index (κ3) is 4.59. The smallest absolute Gasteiger partial charge is 0.270 e. The first kappa shape index (κ1) is 25.4. The summed E-state index contributed by atoms with van der Waals surface area (Å²) < 4.78 is 1.30. The number of ketones is 1. The minimum atomic E-state index is -0.472. The van der Waals surface area contributed by atoms with E-state index in [0.29, 0.717) is 24.8 Å². The van der Waals surface area contributed by atoms with Crippen LogP contribution < -0.4 is 16.0 Å². The van der Waals surface area contributed by atoms with Gasteiger partial charge in [-0.05, 0) is 67.0 Å². The van der Waals surface area contributed by atoms with Gasteiger partial charge in [-0.3, -0.25) is 19.2 Å². The van der Waals surface area contributed by atoms with Crippen LogP contribution in [0.4, 0.5) is 5.69 Å². The number of benzene rings is 2. The molecule has 11 heteroatoms. The van der Waals surface area contributed by atoms with Gasteiger partial charge in [-0.2, -0.15) is 14.6 Å². The van der Waals surface area contributed by atoms with E-state index >= 15 is 0 Å². The van der Waals surface area contributed by atoms with E-state index in [0.717, 1.165) is 39.9 Å². The van der Waals surface area contributed by atoms with Gasteiger partial charge in [0.1, 0.15) is 17.7 Å². The lowest BCUT2D eigenvalue weighted by Gasteiger charge is -2.18. The SMILES string of the molecule is CC(=O)c1ccc2c(c1C)CC[C@@H]2NC(=O)c1cc(C(=O)NCc2ccc3c(c2)NC(=O)CC3)nc2ncnn12. The predicted molar refractivity (Wildman–Crippen MR) is 145 cm³/mol. The molecule has 3 N–H and O–H groups in total. The van der Waals surface area contributed by atoms with E-state index in [2.05, 4.69) is 31.0 Å². The number of hydrogen-bond acceptors (Lipinski definition) is 7. The fourth-order valence-electron chi connectivity index (χ4n) is 5.54. The number of carbonyl (C=O) groups excluding carboxylic acids is 4. The quantitative estimate of drug-likeness (QED) is 0.320. The minimum Gasteiger partial charge on any atom is -0.347 e. The average Bonchev–Trinajstić information content (AvgIpc) is 3.58. The van der Waals surface area contributed by atoms with E-state index in [-0.39, 0.29) is 41.4 Å². The summed E-state index contributed by atoms with van der Waals surface area (Å²) in [5.74, 6) is -0.767. The van der Waals surface area contributed by atoms with Gasteiger partial charge in [0.05, 0.1) is 6.04 Å². The van der Waals surface area contributed by atoms with E-state index in [1.54, 1.807) is 6.92 Å². The van der Waals surface area contributed by atoms with E-state index in [4.69, 9.17) is 0 Å². The summed E-state index contributed by atoms with van der Waals surface area (Å²) in [6, 6.07) is 10.6. The van der Waals surface area contributed by atoms with Crippen molar-refractivity contribution in [1.29, 1.82) is 0 Å². The van der Waals surface area contributed by atoms with Crippen molar-refractivity contribution in [1.82, 2.24) is 30.2 Å². The van der Waals surface area contributed by atoms with Gasteiger partial charge in [-0.1, -0.05) is 24.3 Å². The van der Waals surface area contributed by atoms with Crippen LogP contribution in [0.15, 0.2) is 42.7 Å². The Kier molecular flexibility index (Phi) is 6.33. The molecule has 11 nitrogen and oxygen atoms in total. The summed E-state index contributed by atoms with van der Waals surface area (Å²) in [6.07, 6.45) is 3.88. The Morgan fingerprint density at radius 2 is 1.93 bits per heavy atom. The molecule has 0 saturated heterocycles. The molecule has 202 valence electrons. The first-order chi connectivity index (χ1) is 19.3. The third-order valence-corrected chi connectivity index (χ3v) is 7.62. The predicted octanol–water partition coefficient (Wildman–Crippen LogP) is 2.87. The maximum Gasteiger partial charge on any atom is 0.270 e. The summed E-state index contributed by atoms with van der Waals surface area (Å²) in [4.78, 5) is 58.6. The fourth-order valence-corrected chi connectivity index (χ4v) is 5.54. The third-order valence-electron chi connectivity index (χ3n) is 7.62. The number of aryl methyl sites for hydroxylation is 1.